The molecular weight excluding hydrogens is 499 g/mol. The van der Waals surface area contributed by atoms with Gasteiger partial charge in [0.2, 0.25) is 0 Å². The van der Waals surface area contributed by atoms with E-state index in [1.165, 1.54) is 12.3 Å². The summed E-state index contributed by atoms with van der Waals surface area (Å²) >= 11 is 0. The van der Waals surface area contributed by atoms with Crippen molar-refractivity contribution in [1.29, 1.82) is 0 Å². The lowest BCUT2D eigenvalue weighted by atomic mass is 10.0. The Morgan fingerprint density at radius 2 is 1.65 bits per heavy atom. The minimum Gasteiger partial charge on any atom is -0.470 e. The van der Waals surface area contributed by atoms with Crippen molar-refractivity contribution < 1.29 is 32.1 Å². The third-order valence-corrected chi connectivity index (χ3v) is 7.52. The van der Waals surface area contributed by atoms with Gasteiger partial charge in [-0.1, -0.05) is 48.5 Å². The Balaban J connectivity index is 1.21. The highest BCUT2D eigenvalue weighted by molar-refractivity contribution is 7.89. The van der Waals surface area contributed by atoms with Crippen LogP contribution in [0.3, 0.4) is 0 Å². The Labute approximate surface area is 212 Å². The zero-order valence-electron chi connectivity index (χ0n) is 19.9. The van der Waals surface area contributed by atoms with Gasteiger partial charge in [0.1, 0.15) is 24.0 Å². The summed E-state index contributed by atoms with van der Waals surface area (Å²) in [5, 5.41) is 9.91. The number of aromatic nitrogens is 2. The molecule has 0 aliphatic carbocycles. The molecular formula is C27H25FN2O6S. The number of aliphatic hydroxyl groups is 1. The molecule has 0 bridgehead atoms. The van der Waals surface area contributed by atoms with E-state index < -0.39 is 27.9 Å². The monoisotopic (exact) mass is 524 g/mol. The summed E-state index contributed by atoms with van der Waals surface area (Å²) in [6.07, 6.45) is -0.583. The summed E-state index contributed by atoms with van der Waals surface area (Å²) in [5.74, 6) is -0.0453. The van der Waals surface area contributed by atoms with Crippen LogP contribution < -0.4 is 4.74 Å². The normalized spacial score (nSPS) is 23.4. The molecule has 0 amide bonds. The Hall–Kier alpha value is -3.31. The van der Waals surface area contributed by atoms with Crippen molar-refractivity contribution in [2.45, 2.75) is 30.2 Å². The summed E-state index contributed by atoms with van der Waals surface area (Å²) in [6, 6.07) is 17.8. The third-order valence-electron chi connectivity index (χ3n) is 6.67. The second-order valence-corrected chi connectivity index (χ2v) is 11.7. The fraction of sp³-hybridized carbons (Fsp3) is 0.296. The van der Waals surface area contributed by atoms with E-state index in [0.29, 0.717) is 29.1 Å². The average Bonchev–Trinajstić information content (AvgIpc) is 3.55. The minimum absolute atomic E-state index is 0.00200. The molecule has 10 heteroatoms. The van der Waals surface area contributed by atoms with Crippen LogP contribution in [0, 0.1) is 5.82 Å². The summed E-state index contributed by atoms with van der Waals surface area (Å²) in [5.41, 5.74) is 4.48. The molecule has 192 valence electrons. The number of fused-ring (bicyclic) bond motifs is 2. The van der Waals surface area contributed by atoms with Gasteiger partial charge in [-0.2, -0.15) is 0 Å². The van der Waals surface area contributed by atoms with Crippen LogP contribution in [0.5, 0.6) is 5.88 Å². The fourth-order valence-corrected chi connectivity index (χ4v) is 5.69. The number of ether oxygens (including phenoxy) is 3. The Bertz CT molecular complexity index is 1550. The molecule has 4 heterocycles. The molecule has 0 spiro atoms. The highest BCUT2D eigenvalue weighted by atomic mass is 32.2. The van der Waals surface area contributed by atoms with Gasteiger partial charge in [-0.15, -0.1) is 0 Å². The molecule has 0 saturated carbocycles. The zero-order valence-corrected chi connectivity index (χ0v) is 20.7. The van der Waals surface area contributed by atoms with E-state index in [9.17, 15) is 13.5 Å². The lowest BCUT2D eigenvalue weighted by Crippen LogP contribution is -2.34. The molecule has 37 heavy (non-hydrogen) atoms. The molecule has 2 aromatic carbocycles. The first-order valence-electron chi connectivity index (χ1n) is 11.9. The number of nitrogens with one attached hydrogen (secondary N) is 1. The maximum Gasteiger partial charge on any atom is 0.193 e. The van der Waals surface area contributed by atoms with E-state index in [4.69, 9.17) is 14.2 Å². The smallest absolute Gasteiger partial charge is 0.193 e. The number of pyridine rings is 1. The van der Waals surface area contributed by atoms with Gasteiger partial charge in [-0.25, -0.2) is 17.8 Å². The van der Waals surface area contributed by atoms with Gasteiger partial charge in [0.05, 0.1) is 30.0 Å². The molecule has 8 nitrogen and oxygen atoms in total. The van der Waals surface area contributed by atoms with Crippen LogP contribution >= 0.6 is 0 Å². The zero-order chi connectivity index (χ0) is 25.7. The predicted molar refractivity (Wildman–Crippen MR) is 135 cm³/mol. The fourth-order valence-electron chi connectivity index (χ4n) is 4.90. The van der Waals surface area contributed by atoms with E-state index in [-0.39, 0.29) is 30.3 Å². The third kappa shape index (κ3) is 4.85. The van der Waals surface area contributed by atoms with Crippen molar-refractivity contribution in [2.75, 3.05) is 19.5 Å². The second-order valence-electron chi connectivity index (χ2n) is 9.55. The number of benzene rings is 2. The van der Waals surface area contributed by atoms with Gasteiger partial charge in [0, 0.05) is 24.0 Å². The molecule has 4 atom stereocenters. The number of hydrogen-bond donors (Lipinski definition) is 2. The van der Waals surface area contributed by atoms with Gasteiger partial charge in [0.15, 0.2) is 27.6 Å². The van der Waals surface area contributed by atoms with E-state index in [1.807, 2.05) is 24.3 Å². The molecule has 2 fully saturated rings. The summed E-state index contributed by atoms with van der Waals surface area (Å²) in [7, 11) is -3.09. The second kappa shape index (κ2) is 9.21. The predicted octanol–water partition coefficient (Wildman–Crippen LogP) is 3.49. The van der Waals surface area contributed by atoms with E-state index in [0.717, 1.165) is 16.7 Å². The van der Waals surface area contributed by atoms with Crippen LogP contribution in [0.25, 0.3) is 33.4 Å². The van der Waals surface area contributed by atoms with Crippen molar-refractivity contribution >= 4 is 20.9 Å². The van der Waals surface area contributed by atoms with Crippen molar-refractivity contribution in [2.24, 2.45) is 0 Å². The van der Waals surface area contributed by atoms with Gasteiger partial charge < -0.3 is 24.3 Å². The Kier molecular flexibility index (Phi) is 5.99. The van der Waals surface area contributed by atoms with Crippen LogP contribution in [-0.2, 0) is 25.1 Å². The highest BCUT2D eigenvalue weighted by Crippen LogP contribution is 2.32. The lowest BCUT2D eigenvalue weighted by Gasteiger charge is -2.16. The van der Waals surface area contributed by atoms with Crippen LogP contribution in [0.1, 0.15) is 5.56 Å². The SMILES string of the molecule is CS(=O)(=O)Cc1ccc(-c2ccc(-c3nc4cc(O[C@@H]5CO[C@H]6[C@@H]5OC[C@H]6O)[nH]c4cc3F)cc2)cc1. The van der Waals surface area contributed by atoms with E-state index >= 15 is 4.39 Å². The number of sulfone groups is 1. The minimum atomic E-state index is -3.09. The summed E-state index contributed by atoms with van der Waals surface area (Å²) < 4.78 is 55.2. The number of halogens is 1. The molecule has 2 aliphatic heterocycles. The Morgan fingerprint density at radius 1 is 1.00 bits per heavy atom. The standard InChI is InChI=1S/C27H25FN2O6S/c1-37(32,33)14-15-2-4-16(5-3-15)17-6-8-18(9-7-17)25-19(28)10-20-21(30-25)11-24(29-20)36-23-13-35-26-22(31)12-34-27(23)26/h2-11,22-23,26-27,29,31H,12-14H2,1H3/t22-,23-,26-,27-/m1/s1. The van der Waals surface area contributed by atoms with E-state index in [2.05, 4.69) is 9.97 Å². The van der Waals surface area contributed by atoms with Crippen molar-refractivity contribution in [3.63, 3.8) is 0 Å². The quantitative estimate of drug-likeness (QED) is 0.397. The number of nitrogens with zero attached hydrogens (tertiary/aromatic N) is 1. The van der Waals surface area contributed by atoms with Crippen LogP contribution in [-0.4, -0.2) is 67.4 Å². The first-order chi connectivity index (χ1) is 17.7. The van der Waals surface area contributed by atoms with Gasteiger partial charge >= 0.3 is 0 Å². The molecule has 0 unspecified atom stereocenters. The molecule has 2 aliphatic rings. The topological polar surface area (TPSA) is 111 Å². The van der Waals surface area contributed by atoms with Crippen molar-refractivity contribution in [3.05, 3.63) is 72.0 Å². The maximum absolute atomic E-state index is 15.0. The van der Waals surface area contributed by atoms with Crippen LogP contribution in [0.2, 0.25) is 0 Å². The number of H-pyrrole nitrogens is 1. The summed E-state index contributed by atoms with van der Waals surface area (Å²) in [6.45, 7) is 0.507. The molecule has 2 saturated heterocycles. The van der Waals surface area contributed by atoms with Gasteiger partial charge in [0.25, 0.3) is 0 Å². The average molecular weight is 525 g/mol. The molecule has 2 N–H and O–H groups in total. The summed E-state index contributed by atoms with van der Waals surface area (Å²) in [4.78, 5) is 7.57. The van der Waals surface area contributed by atoms with Gasteiger partial charge in [-0.05, 0) is 16.7 Å². The van der Waals surface area contributed by atoms with Crippen molar-refractivity contribution in [1.82, 2.24) is 9.97 Å². The first-order valence-corrected chi connectivity index (χ1v) is 13.9. The maximum atomic E-state index is 15.0. The van der Waals surface area contributed by atoms with Crippen molar-refractivity contribution in [3.8, 4) is 28.3 Å². The number of aliphatic hydroxyl groups excluding tert-OH is 1. The number of rotatable bonds is 6. The van der Waals surface area contributed by atoms with Crippen LogP contribution in [0.15, 0.2) is 60.7 Å². The Morgan fingerprint density at radius 3 is 2.35 bits per heavy atom. The first kappa shape index (κ1) is 24.1. The molecule has 2 aromatic heterocycles. The van der Waals surface area contributed by atoms with E-state index in [1.54, 1.807) is 30.3 Å². The molecule has 0 radical (unpaired) electrons. The number of hydrogen-bond acceptors (Lipinski definition) is 7. The molecule has 6 rings (SSSR count). The lowest BCUT2D eigenvalue weighted by molar-refractivity contribution is 0.00794. The highest BCUT2D eigenvalue weighted by Gasteiger charge is 2.48. The molecule has 4 aromatic rings. The van der Waals surface area contributed by atoms with Crippen LogP contribution in [0.4, 0.5) is 4.39 Å². The van der Waals surface area contributed by atoms with Gasteiger partial charge in [-0.3, -0.25) is 0 Å². The largest absolute Gasteiger partial charge is 0.470 e. The number of aromatic amines is 1.